The molecule has 1 aromatic carbocycles. The molecule has 0 spiro atoms. The Bertz CT molecular complexity index is 337. The number of hydrogen-bond donors (Lipinski definition) is 1. The van der Waals surface area contributed by atoms with Crippen LogP contribution in [0.1, 0.15) is 31.9 Å². The highest BCUT2D eigenvalue weighted by molar-refractivity contribution is 5.75. The highest BCUT2D eigenvalue weighted by atomic mass is 16.3. The fraction of sp³-hybridized carbons (Fsp3) is 0.462. The third-order valence-electron chi connectivity index (χ3n) is 2.90. The number of carbonyl (C=O) groups is 1. The number of carbonyl (C=O) groups excluding carboxylic acids is 1. The van der Waals surface area contributed by atoms with Crippen LogP contribution in [0.5, 0.6) is 0 Å². The first-order valence-electron chi connectivity index (χ1n) is 5.56. The smallest absolute Gasteiger partial charge is 0.222 e. The molecular formula is C13H19NO2. The van der Waals surface area contributed by atoms with Crippen molar-refractivity contribution in [2.24, 2.45) is 0 Å². The van der Waals surface area contributed by atoms with Crippen LogP contribution in [-0.4, -0.2) is 29.0 Å². The van der Waals surface area contributed by atoms with Crippen molar-refractivity contribution in [3.8, 4) is 0 Å². The largest absolute Gasteiger partial charge is 0.386 e. The highest BCUT2D eigenvalue weighted by Crippen LogP contribution is 2.19. The molecule has 2 atom stereocenters. The van der Waals surface area contributed by atoms with Crippen molar-refractivity contribution in [1.82, 2.24) is 4.90 Å². The Morgan fingerprint density at radius 2 is 1.94 bits per heavy atom. The van der Waals surface area contributed by atoms with Gasteiger partial charge in [-0.15, -0.1) is 0 Å². The van der Waals surface area contributed by atoms with Gasteiger partial charge in [0, 0.05) is 13.5 Å². The Balaban J connectivity index is 2.74. The average molecular weight is 221 g/mol. The van der Waals surface area contributed by atoms with E-state index in [9.17, 15) is 9.90 Å². The van der Waals surface area contributed by atoms with E-state index in [1.807, 2.05) is 44.2 Å². The highest BCUT2D eigenvalue weighted by Gasteiger charge is 2.22. The maximum absolute atomic E-state index is 11.5. The monoisotopic (exact) mass is 221 g/mol. The summed E-state index contributed by atoms with van der Waals surface area (Å²) in [6.45, 7) is 3.67. The molecule has 0 bridgehead atoms. The molecule has 0 heterocycles. The topological polar surface area (TPSA) is 40.5 Å². The minimum absolute atomic E-state index is 0.0440. The fourth-order valence-electron chi connectivity index (χ4n) is 1.62. The van der Waals surface area contributed by atoms with Crippen LogP contribution in [0.4, 0.5) is 0 Å². The molecule has 0 saturated heterocycles. The predicted molar refractivity (Wildman–Crippen MR) is 63.9 cm³/mol. The quantitative estimate of drug-likeness (QED) is 0.844. The Hall–Kier alpha value is -1.35. The Morgan fingerprint density at radius 1 is 1.38 bits per heavy atom. The van der Waals surface area contributed by atoms with E-state index in [1.54, 1.807) is 11.9 Å². The van der Waals surface area contributed by atoms with E-state index in [-0.39, 0.29) is 11.9 Å². The van der Waals surface area contributed by atoms with Crippen LogP contribution in [0.15, 0.2) is 30.3 Å². The van der Waals surface area contributed by atoms with Gasteiger partial charge in [-0.2, -0.15) is 0 Å². The van der Waals surface area contributed by atoms with E-state index in [4.69, 9.17) is 0 Å². The zero-order valence-corrected chi connectivity index (χ0v) is 10.1. The minimum Gasteiger partial charge on any atom is -0.386 e. The molecule has 0 fully saturated rings. The van der Waals surface area contributed by atoms with Crippen LogP contribution < -0.4 is 0 Å². The third kappa shape index (κ3) is 2.83. The number of hydrogen-bond acceptors (Lipinski definition) is 2. The van der Waals surface area contributed by atoms with Crippen LogP contribution in [0, 0.1) is 0 Å². The second-order valence-electron chi connectivity index (χ2n) is 3.95. The summed E-state index contributed by atoms with van der Waals surface area (Å²) in [5, 5.41) is 10.1. The first-order chi connectivity index (χ1) is 7.57. The molecular weight excluding hydrogens is 202 g/mol. The lowest BCUT2D eigenvalue weighted by Gasteiger charge is -2.29. The molecule has 1 aromatic rings. The molecule has 0 aliphatic heterocycles. The summed E-state index contributed by atoms with van der Waals surface area (Å²) in [4.78, 5) is 13.1. The summed E-state index contributed by atoms with van der Waals surface area (Å²) in [6.07, 6.45) is -0.177. The van der Waals surface area contributed by atoms with Crippen molar-refractivity contribution in [1.29, 1.82) is 0 Å². The van der Waals surface area contributed by atoms with E-state index >= 15 is 0 Å². The van der Waals surface area contributed by atoms with Gasteiger partial charge in [0.1, 0.15) is 0 Å². The summed E-state index contributed by atoms with van der Waals surface area (Å²) in [5.41, 5.74) is 0.839. The van der Waals surface area contributed by atoms with Gasteiger partial charge in [-0.05, 0) is 12.5 Å². The molecule has 0 unspecified atom stereocenters. The number of nitrogens with zero attached hydrogens (tertiary/aromatic N) is 1. The lowest BCUT2D eigenvalue weighted by atomic mass is 10.0. The second kappa shape index (κ2) is 5.66. The van der Waals surface area contributed by atoms with Gasteiger partial charge in [-0.1, -0.05) is 37.3 Å². The van der Waals surface area contributed by atoms with Crippen molar-refractivity contribution in [3.63, 3.8) is 0 Å². The van der Waals surface area contributed by atoms with Gasteiger partial charge < -0.3 is 10.0 Å². The summed E-state index contributed by atoms with van der Waals surface area (Å²) in [6, 6.07) is 9.19. The van der Waals surface area contributed by atoms with Crippen molar-refractivity contribution in [2.45, 2.75) is 32.4 Å². The van der Waals surface area contributed by atoms with Crippen LogP contribution in [0.3, 0.4) is 0 Å². The lowest BCUT2D eigenvalue weighted by molar-refractivity contribution is -0.133. The van der Waals surface area contributed by atoms with Crippen molar-refractivity contribution < 1.29 is 9.90 Å². The standard InChI is InChI=1S/C13H19NO2/c1-4-12(15)14(3)10(2)13(16)11-8-6-5-7-9-11/h5-10,13,16H,4H2,1-3H3/t10-,13+/m1/s1. The van der Waals surface area contributed by atoms with Gasteiger partial charge in [0.05, 0.1) is 12.1 Å². The normalized spacial score (nSPS) is 14.2. The van der Waals surface area contributed by atoms with Crippen LogP contribution in [-0.2, 0) is 4.79 Å². The molecule has 3 heteroatoms. The second-order valence-corrected chi connectivity index (χ2v) is 3.95. The number of benzene rings is 1. The number of aliphatic hydroxyl groups excluding tert-OH is 1. The lowest BCUT2D eigenvalue weighted by Crippen LogP contribution is -2.38. The molecule has 1 amide bonds. The number of likely N-dealkylation sites (N-methyl/N-ethyl adjacent to an activating group) is 1. The Labute approximate surface area is 96.7 Å². The molecule has 1 N–H and O–H groups in total. The first-order valence-corrected chi connectivity index (χ1v) is 5.56. The first kappa shape index (κ1) is 12.7. The van der Waals surface area contributed by atoms with Crippen LogP contribution in [0.2, 0.25) is 0 Å². The number of amides is 1. The number of aliphatic hydroxyl groups is 1. The zero-order chi connectivity index (χ0) is 12.1. The summed E-state index contributed by atoms with van der Waals surface area (Å²) < 4.78 is 0. The molecule has 0 saturated carbocycles. The van der Waals surface area contributed by atoms with E-state index in [0.717, 1.165) is 5.56 Å². The average Bonchev–Trinajstić information content (AvgIpc) is 2.36. The zero-order valence-electron chi connectivity index (χ0n) is 10.1. The predicted octanol–water partition coefficient (Wildman–Crippen LogP) is 1.98. The van der Waals surface area contributed by atoms with Gasteiger partial charge in [-0.3, -0.25) is 4.79 Å². The van der Waals surface area contributed by atoms with Gasteiger partial charge >= 0.3 is 0 Å². The molecule has 0 aliphatic carbocycles. The molecule has 0 aromatic heterocycles. The fourth-order valence-corrected chi connectivity index (χ4v) is 1.62. The van der Waals surface area contributed by atoms with Crippen LogP contribution in [0.25, 0.3) is 0 Å². The maximum Gasteiger partial charge on any atom is 0.222 e. The van der Waals surface area contributed by atoms with E-state index in [1.165, 1.54) is 0 Å². The molecule has 0 radical (unpaired) electrons. The van der Waals surface area contributed by atoms with Crippen LogP contribution >= 0.6 is 0 Å². The van der Waals surface area contributed by atoms with Gasteiger partial charge in [0.25, 0.3) is 0 Å². The SMILES string of the molecule is CCC(=O)N(C)[C@H](C)[C@H](O)c1ccccc1. The summed E-state index contributed by atoms with van der Waals surface area (Å²) in [7, 11) is 1.72. The number of rotatable bonds is 4. The Kier molecular flexibility index (Phi) is 4.50. The van der Waals surface area contributed by atoms with Gasteiger partial charge in [-0.25, -0.2) is 0 Å². The maximum atomic E-state index is 11.5. The van der Waals surface area contributed by atoms with E-state index < -0.39 is 6.10 Å². The minimum atomic E-state index is -0.637. The van der Waals surface area contributed by atoms with E-state index in [2.05, 4.69) is 0 Å². The molecule has 0 aliphatic rings. The molecule has 1 rings (SSSR count). The summed E-state index contributed by atoms with van der Waals surface area (Å²) in [5.74, 6) is 0.0440. The van der Waals surface area contributed by atoms with Gasteiger partial charge in [0.15, 0.2) is 0 Å². The van der Waals surface area contributed by atoms with Crippen molar-refractivity contribution in [3.05, 3.63) is 35.9 Å². The molecule has 88 valence electrons. The molecule has 3 nitrogen and oxygen atoms in total. The van der Waals surface area contributed by atoms with E-state index in [0.29, 0.717) is 6.42 Å². The van der Waals surface area contributed by atoms with Crippen molar-refractivity contribution in [2.75, 3.05) is 7.05 Å². The van der Waals surface area contributed by atoms with Crippen molar-refractivity contribution >= 4 is 5.91 Å². The third-order valence-corrected chi connectivity index (χ3v) is 2.90. The Morgan fingerprint density at radius 3 is 2.44 bits per heavy atom. The summed E-state index contributed by atoms with van der Waals surface area (Å²) >= 11 is 0. The van der Waals surface area contributed by atoms with Gasteiger partial charge in [0.2, 0.25) is 5.91 Å². The molecule has 16 heavy (non-hydrogen) atoms.